The maximum atomic E-state index is 12.9. The lowest BCUT2D eigenvalue weighted by atomic mass is 10.1. The van der Waals surface area contributed by atoms with E-state index in [9.17, 15) is 14.0 Å². The van der Waals surface area contributed by atoms with E-state index in [4.69, 9.17) is 23.2 Å². The minimum absolute atomic E-state index is 0.0623. The maximum absolute atomic E-state index is 12.9. The number of nitrogens with one attached hydrogen (secondary N) is 1. The van der Waals surface area contributed by atoms with Gasteiger partial charge in [-0.1, -0.05) is 35.3 Å². The molecule has 1 saturated heterocycles. The highest BCUT2D eigenvalue weighted by Gasteiger charge is 2.34. The molecule has 0 saturated carbocycles. The molecule has 1 fully saturated rings. The van der Waals surface area contributed by atoms with Gasteiger partial charge in [0.05, 0.1) is 5.69 Å². The summed E-state index contributed by atoms with van der Waals surface area (Å²) in [5.41, 5.74) is 3.27. The van der Waals surface area contributed by atoms with Gasteiger partial charge in [0.25, 0.3) is 11.8 Å². The molecule has 3 rings (SSSR count). The summed E-state index contributed by atoms with van der Waals surface area (Å²) in [5.74, 6) is -1.50. The monoisotopic (exact) mass is 350 g/mol. The highest BCUT2D eigenvalue weighted by atomic mass is 35.5. The minimum atomic E-state index is -0.560. The highest BCUT2D eigenvalue weighted by Crippen LogP contribution is 2.28. The number of hydrogen-bond donors (Lipinski definition) is 1. The Morgan fingerprint density at radius 1 is 1.00 bits per heavy atom. The summed E-state index contributed by atoms with van der Waals surface area (Å²) in [6, 6.07) is 9.98. The molecule has 116 valence electrons. The molecule has 2 aromatic carbocycles. The fraction of sp³-hybridized carbons (Fsp3) is 0. The Kier molecular flexibility index (Phi) is 4.07. The van der Waals surface area contributed by atoms with E-state index >= 15 is 0 Å². The summed E-state index contributed by atoms with van der Waals surface area (Å²) >= 11 is 11.8. The van der Waals surface area contributed by atoms with Gasteiger partial charge in [0.2, 0.25) is 0 Å². The van der Waals surface area contributed by atoms with Gasteiger partial charge in [0.15, 0.2) is 0 Å². The van der Waals surface area contributed by atoms with Crippen molar-refractivity contribution in [3.8, 4) is 0 Å². The molecule has 1 aliphatic heterocycles. The third-order valence-corrected chi connectivity index (χ3v) is 3.61. The van der Waals surface area contributed by atoms with Crippen LogP contribution in [0.4, 0.5) is 10.1 Å². The lowest BCUT2D eigenvalue weighted by molar-refractivity contribution is -0.117. The van der Waals surface area contributed by atoms with E-state index in [1.54, 1.807) is 0 Å². The van der Waals surface area contributed by atoms with E-state index in [0.717, 1.165) is 5.01 Å². The molecule has 0 atom stereocenters. The van der Waals surface area contributed by atoms with Crippen LogP contribution in [0.3, 0.4) is 0 Å². The molecule has 0 bridgehead atoms. The molecule has 23 heavy (non-hydrogen) atoms. The molecule has 2 amide bonds. The first-order valence-corrected chi connectivity index (χ1v) is 7.28. The largest absolute Gasteiger partial charge is 0.282 e. The number of rotatable bonds is 2. The molecule has 0 radical (unpaired) electrons. The van der Waals surface area contributed by atoms with Crippen LogP contribution in [-0.4, -0.2) is 11.8 Å². The van der Waals surface area contributed by atoms with Crippen molar-refractivity contribution in [2.24, 2.45) is 0 Å². The van der Waals surface area contributed by atoms with Crippen LogP contribution >= 0.6 is 23.2 Å². The lowest BCUT2D eigenvalue weighted by Crippen LogP contribution is -2.35. The van der Waals surface area contributed by atoms with Crippen molar-refractivity contribution >= 4 is 46.8 Å². The molecular formula is C16H9Cl2FN2O2. The van der Waals surface area contributed by atoms with Gasteiger partial charge in [-0.05, 0) is 42.0 Å². The standard InChI is InChI=1S/C16H9Cl2FN2O2/c17-10-6-11(18)8-13(7-10)21-16(23)14(15(22)20-21)5-9-1-3-12(19)4-2-9/h1-8H,(H,20,22)/b14-5+. The lowest BCUT2D eigenvalue weighted by Gasteiger charge is -2.15. The van der Waals surface area contributed by atoms with E-state index < -0.39 is 17.6 Å². The Balaban J connectivity index is 1.95. The number of halogens is 3. The molecule has 0 unspecified atom stereocenters. The summed E-state index contributed by atoms with van der Waals surface area (Å²) in [7, 11) is 0. The van der Waals surface area contributed by atoms with E-state index in [1.165, 1.54) is 48.5 Å². The van der Waals surface area contributed by atoms with Gasteiger partial charge in [0, 0.05) is 10.0 Å². The van der Waals surface area contributed by atoms with Crippen molar-refractivity contribution in [2.45, 2.75) is 0 Å². The zero-order chi connectivity index (χ0) is 16.6. The number of hydrogen-bond acceptors (Lipinski definition) is 2. The van der Waals surface area contributed by atoms with E-state index in [-0.39, 0.29) is 5.57 Å². The van der Waals surface area contributed by atoms with E-state index in [1.807, 2.05) is 0 Å². The van der Waals surface area contributed by atoms with Crippen molar-refractivity contribution in [3.63, 3.8) is 0 Å². The molecule has 1 aliphatic rings. The maximum Gasteiger partial charge on any atom is 0.282 e. The van der Waals surface area contributed by atoms with Crippen molar-refractivity contribution < 1.29 is 14.0 Å². The Hall–Kier alpha value is -2.37. The van der Waals surface area contributed by atoms with Crippen molar-refractivity contribution in [2.75, 3.05) is 5.01 Å². The van der Waals surface area contributed by atoms with Crippen LogP contribution in [0.25, 0.3) is 6.08 Å². The molecule has 2 aromatic rings. The fourth-order valence-corrected chi connectivity index (χ4v) is 2.65. The van der Waals surface area contributed by atoms with Crippen LogP contribution in [0.1, 0.15) is 5.56 Å². The predicted molar refractivity (Wildman–Crippen MR) is 86.5 cm³/mol. The summed E-state index contributed by atoms with van der Waals surface area (Å²) in [6.07, 6.45) is 1.39. The molecule has 1 heterocycles. The highest BCUT2D eigenvalue weighted by molar-refractivity contribution is 6.36. The molecule has 0 spiro atoms. The Morgan fingerprint density at radius 2 is 1.61 bits per heavy atom. The zero-order valence-electron chi connectivity index (χ0n) is 11.5. The van der Waals surface area contributed by atoms with Gasteiger partial charge in [-0.15, -0.1) is 0 Å². The number of carbonyl (C=O) groups is 2. The number of amides is 2. The minimum Gasteiger partial charge on any atom is -0.267 e. The normalized spacial score (nSPS) is 16.1. The van der Waals surface area contributed by atoms with Crippen LogP contribution < -0.4 is 10.4 Å². The Bertz CT molecular complexity index is 814. The Labute approximate surface area is 141 Å². The smallest absolute Gasteiger partial charge is 0.267 e. The van der Waals surface area contributed by atoms with Gasteiger partial charge in [-0.3, -0.25) is 15.0 Å². The number of anilines is 1. The molecular weight excluding hydrogens is 342 g/mol. The SMILES string of the molecule is O=C1NN(c2cc(Cl)cc(Cl)c2)C(=O)/C1=C/c1ccc(F)cc1. The number of nitrogens with zero attached hydrogens (tertiary/aromatic N) is 1. The van der Waals surface area contributed by atoms with Crippen LogP contribution in [-0.2, 0) is 9.59 Å². The third kappa shape index (κ3) is 3.21. The number of hydrazine groups is 1. The van der Waals surface area contributed by atoms with Gasteiger partial charge in [0.1, 0.15) is 11.4 Å². The summed E-state index contributed by atoms with van der Waals surface area (Å²) in [5, 5.41) is 1.74. The van der Waals surface area contributed by atoms with Crippen LogP contribution in [0, 0.1) is 5.82 Å². The van der Waals surface area contributed by atoms with Crippen molar-refractivity contribution in [1.29, 1.82) is 0 Å². The van der Waals surface area contributed by atoms with Crippen molar-refractivity contribution in [3.05, 3.63) is 69.5 Å². The molecule has 0 aliphatic carbocycles. The fourth-order valence-electron chi connectivity index (χ4n) is 2.13. The average Bonchev–Trinajstić information content (AvgIpc) is 2.76. The molecule has 1 N–H and O–H groups in total. The molecule has 0 aromatic heterocycles. The van der Waals surface area contributed by atoms with Gasteiger partial charge in [-0.2, -0.15) is 0 Å². The summed E-state index contributed by atoms with van der Waals surface area (Å²) in [6.45, 7) is 0. The summed E-state index contributed by atoms with van der Waals surface area (Å²) in [4.78, 5) is 24.5. The second-order valence-corrected chi connectivity index (χ2v) is 5.69. The second-order valence-electron chi connectivity index (χ2n) is 4.82. The van der Waals surface area contributed by atoms with Crippen LogP contribution in [0.15, 0.2) is 48.0 Å². The van der Waals surface area contributed by atoms with Gasteiger partial charge in [-0.25, -0.2) is 9.40 Å². The zero-order valence-corrected chi connectivity index (χ0v) is 13.0. The third-order valence-electron chi connectivity index (χ3n) is 3.18. The molecule has 7 heteroatoms. The molecule has 4 nitrogen and oxygen atoms in total. The van der Waals surface area contributed by atoms with E-state index in [0.29, 0.717) is 21.3 Å². The second kappa shape index (κ2) is 6.02. The quantitative estimate of drug-likeness (QED) is 0.664. The first-order chi connectivity index (χ1) is 10.9. The topological polar surface area (TPSA) is 49.4 Å². The first kappa shape index (κ1) is 15.5. The summed E-state index contributed by atoms with van der Waals surface area (Å²) < 4.78 is 12.9. The number of carbonyl (C=O) groups excluding carboxylic acids is 2. The average molecular weight is 351 g/mol. The van der Waals surface area contributed by atoms with Gasteiger partial charge < -0.3 is 0 Å². The van der Waals surface area contributed by atoms with Crippen LogP contribution in [0.2, 0.25) is 10.0 Å². The van der Waals surface area contributed by atoms with Crippen LogP contribution in [0.5, 0.6) is 0 Å². The predicted octanol–water partition coefficient (Wildman–Crippen LogP) is 3.59. The van der Waals surface area contributed by atoms with Crippen molar-refractivity contribution in [1.82, 2.24) is 5.43 Å². The Morgan fingerprint density at radius 3 is 2.22 bits per heavy atom. The van der Waals surface area contributed by atoms with Gasteiger partial charge >= 0.3 is 0 Å². The first-order valence-electron chi connectivity index (χ1n) is 6.53. The van der Waals surface area contributed by atoms with E-state index in [2.05, 4.69) is 5.43 Å². The number of benzene rings is 2.